The van der Waals surface area contributed by atoms with Crippen molar-refractivity contribution in [2.24, 2.45) is 11.1 Å². The van der Waals surface area contributed by atoms with Crippen molar-refractivity contribution in [1.82, 2.24) is 0 Å². The van der Waals surface area contributed by atoms with Gasteiger partial charge in [0.05, 0.1) is 0 Å². The van der Waals surface area contributed by atoms with Gasteiger partial charge in [-0.15, -0.1) is 0 Å². The van der Waals surface area contributed by atoms with Crippen LogP contribution in [-0.2, 0) is 0 Å². The van der Waals surface area contributed by atoms with E-state index in [2.05, 4.69) is 27.7 Å². The summed E-state index contributed by atoms with van der Waals surface area (Å²) in [5.41, 5.74) is 6.23. The Morgan fingerprint density at radius 1 is 1.30 bits per heavy atom. The van der Waals surface area contributed by atoms with E-state index in [1.807, 2.05) is 0 Å². The van der Waals surface area contributed by atoms with Crippen LogP contribution >= 0.6 is 0 Å². The zero-order valence-electron chi connectivity index (χ0n) is 7.78. The average molecular weight is 143 g/mol. The summed E-state index contributed by atoms with van der Waals surface area (Å²) < 4.78 is 0. The lowest BCUT2D eigenvalue weighted by Crippen LogP contribution is -2.21. The highest BCUT2D eigenvalue weighted by Crippen LogP contribution is 2.21. The summed E-state index contributed by atoms with van der Waals surface area (Å²) in [5, 5.41) is 0. The van der Waals surface area contributed by atoms with Gasteiger partial charge in [-0.05, 0) is 24.7 Å². The Morgan fingerprint density at radius 2 is 1.80 bits per heavy atom. The molecule has 0 rings (SSSR count). The molecule has 0 heterocycles. The molecule has 0 saturated heterocycles. The monoisotopic (exact) mass is 143 g/mol. The van der Waals surface area contributed by atoms with E-state index in [0.717, 1.165) is 6.42 Å². The van der Waals surface area contributed by atoms with Crippen molar-refractivity contribution >= 4 is 0 Å². The van der Waals surface area contributed by atoms with Crippen molar-refractivity contribution < 1.29 is 0 Å². The molecule has 1 heteroatoms. The van der Waals surface area contributed by atoms with Gasteiger partial charge in [-0.2, -0.15) is 0 Å². The Labute approximate surface area is 65.0 Å². The molecule has 1 atom stereocenters. The predicted molar refractivity (Wildman–Crippen MR) is 47.0 cm³/mol. The third-order valence-corrected chi connectivity index (χ3v) is 1.79. The van der Waals surface area contributed by atoms with Crippen LogP contribution in [0.5, 0.6) is 0 Å². The Bertz CT molecular complexity index is 81.2. The first kappa shape index (κ1) is 9.96. The molecule has 62 valence electrons. The largest absolute Gasteiger partial charge is 0.328 e. The maximum atomic E-state index is 5.78. The van der Waals surface area contributed by atoms with Crippen molar-refractivity contribution in [2.45, 2.75) is 53.0 Å². The van der Waals surface area contributed by atoms with Gasteiger partial charge in [0.25, 0.3) is 0 Å². The van der Waals surface area contributed by atoms with Crippen LogP contribution in [-0.4, -0.2) is 6.04 Å². The summed E-state index contributed by atoms with van der Waals surface area (Å²) in [4.78, 5) is 0. The van der Waals surface area contributed by atoms with Crippen molar-refractivity contribution in [2.75, 3.05) is 0 Å². The summed E-state index contributed by atoms with van der Waals surface area (Å²) >= 11 is 0. The van der Waals surface area contributed by atoms with Gasteiger partial charge in [-0.1, -0.05) is 27.7 Å². The quantitative estimate of drug-likeness (QED) is 0.645. The fourth-order valence-electron chi connectivity index (χ4n) is 0.823. The topological polar surface area (TPSA) is 26.0 Å². The van der Waals surface area contributed by atoms with E-state index < -0.39 is 0 Å². The lowest BCUT2D eigenvalue weighted by atomic mass is 9.88. The zero-order valence-corrected chi connectivity index (χ0v) is 7.78. The molecule has 0 fully saturated rings. The number of hydrogen-bond donors (Lipinski definition) is 1. The van der Waals surface area contributed by atoms with E-state index in [4.69, 9.17) is 5.73 Å². The van der Waals surface area contributed by atoms with Crippen molar-refractivity contribution in [1.29, 1.82) is 0 Å². The van der Waals surface area contributed by atoms with Gasteiger partial charge in [0.2, 0.25) is 0 Å². The molecule has 0 aliphatic carbocycles. The summed E-state index contributed by atoms with van der Waals surface area (Å²) in [6.07, 6.45) is 3.51. The fraction of sp³-hybridized carbons (Fsp3) is 1.00. The summed E-state index contributed by atoms with van der Waals surface area (Å²) in [6.45, 7) is 8.92. The first-order chi connectivity index (χ1) is 4.45. The van der Waals surface area contributed by atoms with Crippen molar-refractivity contribution in [3.63, 3.8) is 0 Å². The van der Waals surface area contributed by atoms with Gasteiger partial charge in [-0.25, -0.2) is 0 Å². The third kappa shape index (κ3) is 6.09. The van der Waals surface area contributed by atoms with Gasteiger partial charge in [0, 0.05) is 6.04 Å². The minimum atomic E-state index is 0.416. The molecule has 0 saturated carbocycles. The minimum Gasteiger partial charge on any atom is -0.328 e. The second-order valence-corrected chi connectivity index (χ2v) is 4.27. The number of hydrogen-bond acceptors (Lipinski definition) is 1. The summed E-state index contributed by atoms with van der Waals surface area (Å²) in [6, 6.07) is 0.416. The number of nitrogens with two attached hydrogens (primary N) is 1. The van der Waals surface area contributed by atoms with Crippen molar-refractivity contribution in [3.8, 4) is 0 Å². The molecular weight excluding hydrogens is 122 g/mol. The van der Waals surface area contributed by atoms with E-state index in [-0.39, 0.29) is 0 Å². The maximum Gasteiger partial charge on any atom is 0.00364 e. The van der Waals surface area contributed by atoms with Gasteiger partial charge in [0.15, 0.2) is 0 Å². The molecule has 0 aromatic rings. The van der Waals surface area contributed by atoms with Gasteiger partial charge < -0.3 is 5.73 Å². The first-order valence-corrected chi connectivity index (χ1v) is 4.21. The molecule has 0 unspecified atom stereocenters. The summed E-state index contributed by atoms with van der Waals surface area (Å²) in [5.74, 6) is 0. The maximum absolute atomic E-state index is 5.78. The van der Waals surface area contributed by atoms with E-state index in [1.54, 1.807) is 0 Å². The normalized spacial score (nSPS) is 15.3. The van der Waals surface area contributed by atoms with Crippen LogP contribution in [0.4, 0.5) is 0 Å². The smallest absolute Gasteiger partial charge is 0.00364 e. The number of rotatable bonds is 3. The van der Waals surface area contributed by atoms with Crippen LogP contribution in [0.2, 0.25) is 0 Å². The first-order valence-electron chi connectivity index (χ1n) is 4.21. The minimum absolute atomic E-state index is 0.416. The van der Waals surface area contributed by atoms with Crippen LogP contribution < -0.4 is 5.73 Å². The molecule has 0 spiro atoms. The van der Waals surface area contributed by atoms with Crippen LogP contribution in [0.1, 0.15) is 47.0 Å². The standard InChI is InChI=1S/C9H21N/c1-5-8(10)6-7-9(2,3)4/h8H,5-7,10H2,1-4H3/t8-/m0/s1. The molecule has 0 bridgehead atoms. The molecule has 1 nitrogen and oxygen atoms in total. The molecule has 0 aromatic heterocycles. The van der Waals surface area contributed by atoms with E-state index in [9.17, 15) is 0 Å². The lowest BCUT2D eigenvalue weighted by molar-refractivity contribution is 0.346. The SMILES string of the molecule is CC[C@H](N)CCC(C)(C)C. The summed E-state index contributed by atoms with van der Waals surface area (Å²) in [7, 11) is 0. The Balaban J connectivity index is 3.36. The van der Waals surface area contributed by atoms with Crippen LogP contribution in [0.3, 0.4) is 0 Å². The molecule has 0 aliphatic rings. The Morgan fingerprint density at radius 3 is 2.10 bits per heavy atom. The average Bonchev–Trinajstić information content (AvgIpc) is 1.81. The van der Waals surface area contributed by atoms with Gasteiger partial charge >= 0.3 is 0 Å². The molecule has 0 aliphatic heterocycles. The predicted octanol–water partition coefficient (Wildman–Crippen LogP) is 2.55. The highest BCUT2D eigenvalue weighted by atomic mass is 14.6. The molecule has 10 heavy (non-hydrogen) atoms. The van der Waals surface area contributed by atoms with Crippen LogP contribution in [0.15, 0.2) is 0 Å². The lowest BCUT2D eigenvalue weighted by Gasteiger charge is -2.19. The highest BCUT2D eigenvalue weighted by molar-refractivity contribution is 4.66. The van der Waals surface area contributed by atoms with Gasteiger partial charge in [-0.3, -0.25) is 0 Å². The second-order valence-electron chi connectivity index (χ2n) is 4.27. The Hall–Kier alpha value is -0.0400. The van der Waals surface area contributed by atoms with Gasteiger partial charge in [0.1, 0.15) is 0 Å². The molecule has 0 amide bonds. The van der Waals surface area contributed by atoms with E-state index in [0.29, 0.717) is 11.5 Å². The van der Waals surface area contributed by atoms with Crippen LogP contribution in [0.25, 0.3) is 0 Å². The van der Waals surface area contributed by atoms with E-state index >= 15 is 0 Å². The highest BCUT2D eigenvalue weighted by Gasteiger charge is 2.11. The second kappa shape index (κ2) is 3.97. The third-order valence-electron chi connectivity index (χ3n) is 1.79. The Kier molecular flexibility index (Phi) is 3.95. The molecule has 0 radical (unpaired) electrons. The molecule has 2 N–H and O–H groups in total. The molecule has 0 aromatic carbocycles. The van der Waals surface area contributed by atoms with E-state index in [1.165, 1.54) is 12.8 Å². The zero-order chi connectivity index (χ0) is 8.20. The fourth-order valence-corrected chi connectivity index (χ4v) is 0.823. The van der Waals surface area contributed by atoms with Crippen molar-refractivity contribution in [3.05, 3.63) is 0 Å². The van der Waals surface area contributed by atoms with Crippen LogP contribution in [0, 0.1) is 5.41 Å². The molecular formula is C9H21N.